The van der Waals surface area contributed by atoms with Gasteiger partial charge in [-0.05, 0) is 41.3 Å². The number of halogens is 1. The largest absolute Gasteiger partial charge is 0.436 e. The Balaban J connectivity index is 1.74. The number of ether oxygens (including phenoxy) is 1. The van der Waals surface area contributed by atoms with Crippen LogP contribution in [0.2, 0.25) is 5.02 Å². The van der Waals surface area contributed by atoms with Gasteiger partial charge in [0, 0.05) is 24.5 Å². The number of hydrogen-bond donors (Lipinski definition) is 2. The molecule has 8 heteroatoms. The van der Waals surface area contributed by atoms with E-state index in [1.807, 2.05) is 11.4 Å². The van der Waals surface area contributed by atoms with Gasteiger partial charge in [-0.3, -0.25) is 4.79 Å². The molecule has 1 amide bonds. The Labute approximate surface area is 147 Å². The summed E-state index contributed by atoms with van der Waals surface area (Å²) >= 11 is 7.55. The normalized spacial score (nSPS) is 10.4. The number of hydrogen-bond acceptors (Lipinski definition) is 6. The third-order valence-electron chi connectivity index (χ3n) is 3.13. The van der Waals surface area contributed by atoms with E-state index in [1.165, 1.54) is 11.3 Å². The maximum Gasteiger partial charge on any atom is 0.266 e. The number of nitrogens with two attached hydrogens (primary N) is 1. The van der Waals surface area contributed by atoms with Gasteiger partial charge in [0.25, 0.3) is 5.91 Å². The minimum atomic E-state index is -0.218. The highest BCUT2D eigenvalue weighted by atomic mass is 35.5. The van der Waals surface area contributed by atoms with E-state index in [0.717, 1.165) is 5.56 Å². The first kappa shape index (κ1) is 16.4. The molecule has 3 aromatic rings. The monoisotopic (exact) mass is 360 g/mol. The first-order valence-electron chi connectivity index (χ1n) is 7.00. The first-order chi connectivity index (χ1) is 11.7. The molecule has 1 aromatic carbocycles. The van der Waals surface area contributed by atoms with Gasteiger partial charge in [-0.25, -0.2) is 0 Å². The predicted octanol–water partition coefficient (Wildman–Crippen LogP) is 3.69. The molecule has 0 aliphatic carbocycles. The van der Waals surface area contributed by atoms with Crippen LogP contribution in [0.5, 0.6) is 11.6 Å². The summed E-state index contributed by atoms with van der Waals surface area (Å²) < 4.78 is 5.55. The molecule has 0 radical (unpaired) electrons. The van der Waals surface area contributed by atoms with Crippen molar-refractivity contribution in [2.24, 2.45) is 5.73 Å². The Morgan fingerprint density at radius 3 is 2.92 bits per heavy atom. The number of thiophene rings is 1. The summed E-state index contributed by atoms with van der Waals surface area (Å²) in [6, 6.07) is 10.2. The third-order valence-corrected chi connectivity index (χ3v) is 4.38. The highest BCUT2D eigenvalue weighted by Crippen LogP contribution is 2.31. The van der Waals surface area contributed by atoms with Crippen LogP contribution in [0.25, 0.3) is 0 Å². The van der Waals surface area contributed by atoms with Crippen LogP contribution in [-0.2, 0) is 6.54 Å². The summed E-state index contributed by atoms with van der Waals surface area (Å²) in [5.74, 6) is 0.542. The molecule has 0 spiro atoms. The maximum atomic E-state index is 12.3. The number of carbonyl (C=O) groups excluding carboxylic acids is 1. The lowest BCUT2D eigenvalue weighted by Crippen LogP contribution is -2.13. The van der Waals surface area contributed by atoms with E-state index in [4.69, 9.17) is 22.1 Å². The molecule has 3 N–H and O–H groups in total. The van der Waals surface area contributed by atoms with E-state index >= 15 is 0 Å². The summed E-state index contributed by atoms with van der Waals surface area (Å²) in [5.41, 5.74) is 7.00. The average molecular weight is 361 g/mol. The Kier molecular flexibility index (Phi) is 5.05. The lowest BCUT2D eigenvalue weighted by atomic mass is 10.2. The van der Waals surface area contributed by atoms with E-state index in [9.17, 15) is 4.79 Å². The van der Waals surface area contributed by atoms with E-state index in [1.54, 1.807) is 36.5 Å². The van der Waals surface area contributed by atoms with Crippen LogP contribution in [0, 0.1) is 0 Å². The number of anilines is 1. The van der Waals surface area contributed by atoms with Crippen molar-refractivity contribution in [1.82, 2.24) is 10.2 Å². The van der Waals surface area contributed by atoms with Gasteiger partial charge in [0.2, 0.25) is 5.88 Å². The second-order valence-electron chi connectivity index (χ2n) is 4.74. The summed E-state index contributed by atoms with van der Waals surface area (Å²) in [6.45, 7) is 0.317. The Bertz CT molecular complexity index is 854. The van der Waals surface area contributed by atoms with Crippen LogP contribution in [0.4, 0.5) is 5.69 Å². The molecule has 0 fully saturated rings. The molecule has 0 atom stereocenters. The van der Waals surface area contributed by atoms with Gasteiger partial charge in [-0.2, -0.15) is 5.10 Å². The molecule has 2 aromatic heterocycles. The number of rotatable bonds is 5. The summed E-state index contributed by atoms with van der Waals surface area (Å²) in [6.07, 6.45) is 1.55. The lowest BCUT2D eigenvalue weighted by Gasteiger charge is -2.09. The summed E-state index contributed by atoms with van der Waals surface area (Å²) in [7, 11) is 0. The first-order valence-corrected chi connectivity index (χ1v) is 8.26. The van der Waals surface area contributed by atoms with E-state index in [2.05, 4.69) is 15.5 Å². The topological polar surface area (TPSA) is 90.1 Å². The third kappa shape index (κ3) is 3.70. The predicted molar refractivity (Wildman–Crippen MR) is 93.7 cm³/mol. The van der Waals surface area contributed by atoms with Crippen LogP contribution in [0.3, 0.4) is 0 Å². The molecular formula is C16H13ClN4O2S. The van der Waals surface area contributed by atoms with Crippen molar-refractivity contribution in [1.29, 1.82) is 0 Å². The van der Waals surface area contributed by atoms with Crippen LogP contribution < -0.4 is 15.8 Å². The van der Waals surface area contributed by atoms with Gasteiger partial charge in [0.15, 0.2) is 0 Å². The van der Waals surface area contributed by atoms with Crippen LogP contribution >= 0.6 is 22.9 Å². The highest BCUT2D eigenvalue weighted by Gasteiger charge is 2.13. The molecule has 6 nitrogen and oxygen atoms in total. The molecule has 0 aliphatic heterocycles. The second-order valence-corrected chi connectivity index (χ2v) is 6.07. The molecule has 0 unspecified atom stereocenters. The number of nitrogens with one attached hydrogen (secondary N) is 1. The quantitative estimate of drug-likeness (QED) is 0.724. The van der Waals surface area contributed by atoms with Gasteiger partial charge in [-0.1, -0.05) is 11.6 Å². The molecule has 122 valence electrons. The fourth-order valence-corrected chi connectivity index (χ4v) is 3.05. The zero-order chi connectivity index (χ0) is 16.9. The van der Waals surface area contributed by atoms with Crippen LogP contribution in [0.1, 0.15) is 15.2 Å². The van der Waals surface area contributed by atoms with E-state index in [0.29, 0.717) is 33.8 Å². The molecule has 3 rings (SSSR count). The molecular weight excluding hydrogens is 348 g/mol. The van der Waals surface area contributed by atoms with Gasteiger partial charge in [-0.15, -0.1) is 16.4 Å². The highest BCUT2D eigenvalue weighted by molar-refractivity contribution is 7.12. The van der Waals surface area contributed by atoms with Crippen LogP contribution in [-0.4, -0.2) is 16.1 Å². The van der Waals surface area contributed by atoms with E-state index < -0.39 is 0 Å². The Hall–Kier alpha value is -2.48. The number of nitrogens with zero attached hydrogens (tertiary/aromatic N) is 2. The molecule has 0 saturated heterocycles. The van der Waals surface area contributed by atoms with Crippen molar-refractivity contribution in [3.05, 3.63) is 63.4 Å². The fourth-order valence-electron chi connectivity index (χ4n) is 2.00. The minimum Gasteiger partial charge on any atom is -0.436 e. The average Bonchev–Trinajstić information content (AvgIpc) is 3.07. The van der Waals surface area contributed by atoms with Gasteiger partial charge < -0.3 is 15.8 Å². The molecule has 24 heavy (non-hydrogen) atoms. The number of aromatic nitrogens is 2. The number of carbonyl (C=O) groups is 1. The maximum absolute atomic E-state index is 12.3. The second kappa shape index (κ2) is 7.39. The molecule has 0 saturated carbocycles. The fraction of sp³-hybridized carbons (Fsp3) is 0.0625. The smallest absolute Gasteiger partial charge is 0.266 e. The van der Waals surface area contributed by atoms with Crippen molar-refractivity contribution in [2.75, 3.05) is 5.32 Å². The molecule has 0 aliphatic rings. The van der Waals surface area contributed by atoms with Crippen molar-refractivity contribution in [2.45, 2.75) is 6.54 Å². The number of benzene rings is 1. The van der Waals surface area contributed by atoms with Crippen molar-refractivity contribution < 1.29 is 9.53 Å². The van der Waals surface area contributed by atoms with Crippen molar-refractivity contribution >= 4 is 34.5 Å². The number of amides is 1. The zero-order valence-electron chi connectivity index (χ0n) is 12.4. The zero-order valence-corrected chi connectivity index (χ0v) is 14.0. The van der Waals surface area contributed by atoms with E-state index in [-0.39, 0.29) is 5.91 Å². The standard InChI is InChI=1S/C16H13ClN4O2S/c17-12-8-11(20-16(22)15-10(9-18)5-7-24-15)3-4-13(12)23-14-2-1-6-19-21-14/h1-8H,9,18H2,(H,20,22). The van der Waals surface area contributed by atoms with Crippen molar-refractivity contribution in [3.63, 3.8) is 0 Å². The Morgan fingerprint density at radius 2 is 2.21 bits per heavy atom. The van der Waals surface area contributed by atoms with Gasteiger partial charge in [0.1, 0.15) is 5.75 Å². The minimum absolute atomic E-state index is 0.218. The molecule has 2 heterocycles. The van der Waals surface area contributed by atoms with Gasteiger partial charge in [0.05, 0.1) is 9.90 Å². The summed E-state index contributed by atoms with van der Waals surface area (Å²) in [5, 5.41) is 12.5. The summed E-state index contributed by atoms with van der Waals surface area (Å²) in [4.78, 5) is 12.9. The van der Waals surface area contributed by atoms with Crippen LogP contribution in [0.15, 0.2) is 48.0 Å². The van der Waals surface area contributed by atoms with Crippen molar-refractivity contribution in [3.8, 4) is 11.6 Å². The lowest BCUT2D eigenvalue weighted by molar-refractivity contribution is 0.102. The van der Waals surface area contributed by atoms with Gasteiger partial charge >= 0.3 is 0 Å². The Morgan fingerprint density at radius 1 is 1.33 bits per heavy atom. The SMILES string of the molecule is NCc1ccsc1C(=O)Nc1ccc(Oc2cccnn2)c(Cl)c1. The molecule has 0 bridgehead atoms.